The number of nitrogens with two attached hydrogens (primary N) is 1. The number of nitrogens with zero attached hydrogens (tertiary/aromatic N) is 2. The first-order valence-electron chi connectivity index (χ1n) is 7.63. The molecule has 0 aromatic carbocycles. The second-order valence-corrected chi connectivity index (χ2v) is 10.3. The average Bonchev–Trinajstić information content (AvgIpc) is 2.86. The van der Waals surface area contributed by atoms with Crippen molar-refractivity contribution >= 4 is 29.3 Å². The number of alkyl halides is 1. The Labute approximate surface area is 166 Å². The van der Waals surface area contributed by atoms with Crippen LogP contribution in [0, 0.1) is 0 Å². The average molecular weight is 499 g/mol. The van der Waals surface area contributed by atoms with Gasteiger partial charge in [-0.2, -0.15) is 13.6 Å². The molecule has 7 N–H and O–H groups in total. The van der Waals surface area contributed by atoms with Crippen LogP contribution >= 0.6 is 23.5 Å². The minimum atomic E-state index is -5.78. The largest absolute Gasteiger partial charge is 0.490 e. The zero-order valence-corrected chi connectivity index (χ0v) is 17.3. The summed E-state index contributed by atoms with van der Waals surface area (Å²) in [5.41, 5.74) is 2.14. The summed E-state index contributed by atoms with van der Waals surface area (Å²) in [6, 6.07) is 1.22. The molecule has 5 atom stereocenters. The van der Waals surface area contributed by atoms with Crippen molar-refractivity contribution in [1.82, 2.24) is 9.55 Å². The van der Waals surface area contributed by atoms with Gasteiger partial charge in [0.25, 0.3) is 0 Å². The molecule has 0 spiro atoms. The van der Waals surface area contributed by atoms with E-state index in [2.05, 4.69) is 18.1 Å². The highest BCUT2D eigenvalue weighted by atomic mass is 31.3. The number of phosphoric acid groups is 3. The minimum Gasteiger partial charge on any atom is -0.390 e. The Morgan fingerprint density at radius 3 is 2.43 bits per heavy atom. The van der Waals surface area contributed by atoms with Gasteiger partial charge in [0.05, 0.1) is 12.7 Å². The van der Waals surface area contributed by atoms with E-state index in [1.165, 1.54) is 6.07 Å². The van der Waals surface area contributed by atoms with Gasteiger partial charge in [-0.05, 0) is 6.07 Å². The molecule has 1 fully saturated rings. The van der Waals surface area contributed by atoms with E-state index in [9.17, 15) is 32.9 Å². The number of anilines is 1. The molecule has 0 bridgehead atoms. The van der Waals surface area contributed by atoms with Crippen molar-refractivity contribution in [3.63, 3.8) is 0 Å². The molecule has 1 aromatic rings. The summed E-state index contributed by atoms with van der Waals surface area (Å²) in [5, 5.41) is 10.1. The highest BCUT2D eigenvalue weighted by molar-refractivity contribution is 7.66. The number of phosphoric ester groups is 1. The first-order valence-corrected chi connectivity index (χ1v) is 12.2. The van der Waals surface area contributed by atoms with Crippen LogP contribution in [-0.2, 0) is 31.6 Å². The van der Waals surface area contributed by atoms with Gasteiger partial charge in [-0.25, -0.2) is 22.9 Å². The number of aliphatic hydroxyl groups excluding tert-OH is 1. The Kier molecular flexibility index (Phi) is 7.41. The Balaban J connectivity index is 2.13. The fourth-order valence-electron chi connectivity index (χ4n) is 2.40. The molecule has 0 aliphatic carbocycles. The molecular weight excluding hydrogens is 482 g/mol. The number of ether oxygens (including phenoxy) is 1. The third kappa shape index (κ3) is 6.47. The van der Waals surface area contributed by atoms with E-state index in [1.54, 1.807) is 0 Å². The van der Waals surface area contributed by atoms with Gasteiger partial charge in [-0.1, -0.05) is 0 Å². The molecule has 1 saturated heterocycles. The molecule has 1 aliphatic heterocycles. The first-order chi connectivity index (χ1) is 13.6. The van der Waals surface area contributed by atoms with Gasteiger partial charge in [0.2, 0.25) is 0 Å². The quantitative estimate of drug-likeness (QED) is 0.227. The van der Waals surface area contributed by atoms with Crippen LogP contribution in [0.4, 0.5) is 10.2 Å². The third-order valence-electron chi connectivity index (χ3n) is 3.68. The molecule has 2 unspecified atom stereocenters. The van der Waals surface area contributed by atoms with Crippen LogP contribution in [-0.4, -0.2) is 59.2 Å². The molecule has 2 rings (SSSR count). The minimum absolute atomic E-state index is 0.112. The van der Waals surface area contributed by atoms with Crippen molar-refractivity contribution in [2.45, 2.75) is 24.4 Å². The van der Waals surface area contributed by atoms with Gasteiger partial charge in [0, 0.05) is 12.6 Å². The SMILES string of the molecule is Nc1ccn([C@H]2C[C@H](O)[C@@](CF)(COP(=O)(O)OP(=O)(O)OP(=O)(O)O)O2)c(=O)n1. The lowest BCUT2D eigenvalue weighted by atomic mass is 10.00. The predicted octanol–water partition coefficient (Wildman–Crippen LogP) is -0.843. The lowest BCUT2D eigenvalue weighted by molar-refractivity contribution is -0.135. The van der Waals surface area contributed by atoms with Gasteiger partial charge in [-0.15, -0.1) is 0 Å². The van der Waals surface area contributed by atoms with Gasteiger partial charge >= 0.3 is 29.2 Å². The van der Waals surface area contributed by atoms with Crippen LogP contribution in [0.2, 0.25) is 0 Å². The van der Waals surface area contributed by atoms with Crippen molar-refractivity contribution in [2.75, 3.05) is 19.0 Å². The van der Waals surface area contributed by atoms with E-state index in [0.717, 1.165) is 10.8 Å². The molecule has 1 aliphatic rings. The lowest BCUT2D eigenvalue weighted by Crippen LogP contribution is -2.46. The smallest absolute Gasteiger partial charge is 0.390 e. The highest BCUT2D eigenvalue weighted by Crippen LogP contribution is 2.66. The summed E-state index contributed by atoms with van der Waals surface area (Å²) < 4.78 is 64.9. The molecule has 2 heterocycles. The monoisotopic (exact) mass is 499 g/mol. The Morgan fingerprint density at radius 1 is 1.27 bits per heavy atom. The van der Waals surface area contributed by atoms with Crippen molar-refractivity contribution in [1.29, 1.82) is 0 Å². The Morgan fingerprint density at radius 2 is 1.90 bits per heavy atom. The van der Waals surface area contributed by atoms with Crippen LogP contribution in [0.5, 0.6) is 0 Å². The summed E-state index contributed by atoms with van der Waals surface area (Å²) in [5.74, 6) is -0.112. The van der Waals surface area contributed by atoms with E-state index in [-0.39, 0.29) is 12.2 Å². The van der Waals surface area contributed by atoms with E-state index in [1.807, 2.05) is 0 Å². The summed E-state index contributed by atoms with van der Waals surface area (Å²) in [7, 11) is -16.9. The van der Waals surface area contributed by atoms with Gasteiger partial charge in [0.1, 0.15) is 24.3 Å². The second kappa shape index (κ2) is 8.82. The highest BCUT2D eigenvalue weighted by Gasteiger charge is 2.52. The maximum atomic E-state index is 13.7. The van der Waals surface area contributed by atoms with E-state index < -0.39 is 60.4 Å². The number of aliphatic hydroxyl groups is 1. The zero-order chi connectivity index (χ0) is 23.0. The van der Waals surface area contributed by atoms with Crippen molar-refractivity contribution in [3.05, 3.63) is 22.7 Å². The standard InChI is InChI=1S/C10H17FN3O13P3/c11-4-10(5-24-29(20,21)27-30(22,23)26-28(17,18)19)6(15)3-8(25-10)14-2-1-7(12)13-9(14)16/h1-2,6,8,15H,3-5H2,(H,20,21)(H,22,23)(H2,12,13,16)(H2,17,18,19)/t6-,8+,10+/m0/s1. The van der Waals surface area contributed by atoms with Crippen molar-refractivity contribution in [2.24, 2.45) is 0 Å². The van der Waals surface area contributed by atoms with E-state index in [0.29, 0.717) is 0 Å². The van der Waals surface area contributed by atoms with Gasteiger partial charge < -0.3 is 35.2 Å². The molecule has 0 saturated carbocycles. The van der Waals surface area contributed by atoms with Crippen molar-refractivity contribution in [3.8, 4) is 0 Å². The number of aromatic nitrogens is 2. The van der Waals surface area contributed by atoms with Crippen LogP contribution in [0.3, 0.4) is 0 Å². The molecule has 0 radical (unpaired) electrons. The lowest BCUT2D eigenvalue weighted by Gasteiger charge is -2.29. The number of rotatable bonds is 9. The molecule has 30 heavy (non-hydrogen) atoms. The van der Waals surface area contributed by atoms with Crippen molar-refractivity contribution < 1.29 is 60.6 Å². The maximum absolute atomic E-state index is 13.7. The van der Waals surface area contributed by atoms with Crippen LogP contribution < -0.4 is 11.4 Å². The first kappa shape index (κ1) is 25.2. The predicted molar refractivity (Wildman–Crippen MR) is 92.2 cm³/mol. The summed E-state index contributed by atoms with van der Waals surface area (Å²) >= 11 is 0. The maximum Gasteiger partial charge on any atom is 0.490 e. The second-order valence-electron chi connectivity index (χ2n) is 5.93. The normalized spacial score (nSPS) is 28.7. The molecule has 1 aromatic heterocycles. The van der Waals surface area contributed by atoms with Crippen LogP contribution in [0.15, 0.2) is 17.1 Å². The van der Waals surface area contributed by atoms with Crippen LogP contribution in [0.1, 0.15) is 12.6 Å². The molecule has 172 valence electrons. The third-order valence-corrected chi connectivity index (χ3v) is 7.46. The summed E-state index contributed by atoms with van der Waals surface area (Å²) in [6.07, 6.45) is -2.20. The fraction of sp³-hybridized carbons (Fsp3) is 0.600. The number of halogens is 1. The summed E-state index contributed by atoms with van der Waals surface area (Å²) in [4.78, 5) is 50.8. The van der Waals surface area contributed by atoms with E-state index in [4.69, 9.17) is 25.2 Å². The molecule has 16 nitrogen and oxygen atoms in total. The Bertz CT molecular complexity index is 983. The number of hydrogen-bond acceptors (Lipinski definition) is 11. The zero-order valence-electron chi connectivity index (χ0n) is 14.6. The Hall–Kier alpha value is -1.06. The number of nitrogen functional groups attached to an aromatic ring is 1. The van der Waals surface area contributed by atoms with Crippen LogP contribution in [0.25, 0.3) is 0 Å². The number of hydrogen-bond donors (Lipinski definition) is 6. The summed E-state index contributed by atoms with van der Waals surface area (Å²) in [6.45, 7) is -2.74. The molecule has 0 amide bonds. The van der Waals surface area contributed by atoms with Gasteiger partial charge in [0.15, 0.2) is 0 Å². The van der Waals surface area contributed by atoms with E-state index >= 15 is 0 Å². The topological polar surface area (TPSA) is 250 Å². The van der Waals surface area contributed by atoms with Gasteiger partial charge in [-0.3, -0.25) is 9.09 Å². The molecule has 20 heteroatoms. The molecular formula is C10H17FN3O13P3. The fourth-order valence-corrected chi connectivity index (χ4v) is 5.48.